The third-order valence-electron chi connectivity index (χ3n) is 3.83. The van der Waals surface area contributed by atoms with Gasteiger partial charge in [-0.3, -0.25) is 9.59 Å². The Morgan fingerprint density at radius 1 is 0.826 bits per heavy atom. The van der Waals surface area contributed by atoms with E-state index in [2.05, 4.69) is 10.6 Å². The summed E-state index contributed by atoms with van der Waals surface area (Å²) in [5, 5.41) is 6.28. The van der Waals surface area contributed by atoms with Gasteiger partial charge in [-0.25, -0.2) is 0 Å². The first-order valence-electron chi connectivity index (χ1n) is 7.14. The largest absolute Gasteiger partial charge is 0.325 e. The van der Waals surface area contributed by atoms with Crippen molar-refractivity contribution < 1.29 is 9.59 Å². The van der Waals surface area contributed by atoms with Crippen LogP contribution in [-0.4, -0.2) is 11.8 Å². The van der Waals surface area contributed by atoms with E-state index >= 15 is 0 Å². The van der Waals surface area contributed by atoms with Gasteiger partial charge in [0.1, 0.15) is 5.41 Å². The first-order valence-corrected chi connectivity index (χ1v) is 7.90. The molecule has 2 aromatic rings. The van der Waals surface area contributed by atoms with Gasteiger partial charge in [-0.1, -0.05) is 41.4 Å². The Morgan fingerprint density at radius 3 is 2.00 bits per heavy atom. The normalized spacial score (nSPS) is 14.9. The molecule has 0 heterocycles. The lowest BCUT2D eigenvalue weighted by Gasteiger charge is -2.15. The molecule has 2 N–H and O–H groups in total. The van der Waals surface area contributed by atoms with Crippen LogP contribution in [0.25, 0.3) is 0 Å². The van der Waals surface area contributed by atoms with Crippen molar-refractivity contribution in [2.45, 2.75) is 12.8 Å². The van der Waals surface area contributed by atoms with Crippen LogP contribution in [0.15, 0.2) is 48.5 Å². The van der Waals surface area contributed by atoms with Crippen molar-refractivity contribution in [3.63, 3.8) is 0 Å². The zero-order valence-electron chi connectivity index (χ0n) is 12.1. The predicted molar refractivity (Wildman–Crippen MR) is 91.8 cm³/mol. The third-order valence-corrected chi connectivity index (χ3v) is 4.57. The van der Waals surface area contributed by atoms with Crippen LogP contribution in [-0.2, 0) is 9.59 Å². The molecule has 0 aliphatic heterocycles. The molecule has 1 fully saturated rings. The second-order valence-corrected chi connectivity index (χ2v) is 6.30. The monoisotopic (exact) mass is 348 g/mol. The van der Waals surface area contributed by atoms with Crippen LogP contribution in [0.2, 0.25) is 10.0 Å². The smallest absolute Gasteiger partial charge is 0.240 e. The lowest BCUT2D eigenvalue weighted by molar-refractivity contribution is -0.131. The van der Waals surface area contributed by atoms with E-state index < -0.39 is 5.41 Å². The van der Waals surface area contributed by atoms with Crippen molar-refractivity contribution >= 4 is 46.4 Å². The Kier molecular flexibility index (Phi) is 4.28. The number of benzene rings is 2. The van der Waals surface area contributed by atoms with Gasteiger partial charge in [0, 0.05) is 11.4 Å². The van der Waals surface area contributed by atoms with Gasteiger partial charge in [-0.2, -0.15) is 0 Å². The topological polar surface area (TPSA) is 58.2 Å². The molecule has 3 rings (SSSR count). The molecule has 23 heavy (non-hydrogen) atoms. The Hall–Kier alpha value is -2.04. The van der Waals surface area contributed by atoms with Crippen LogP contribution in [0.5, 0.6) is 0 Å². The summed E-state index contributed by atoms with van der Waals surface area (Å²) < 4.78 is 0. The summed E-state index contributed by atoms with van der Waals surface area (Å²) in [5.41, 5.74) is 0.177. The number of carbonyl (C=O) groups excluding carboxylic acids is 2. The third kappa shape index (κ3) is 3.33. The molecule has 0 radical (unpaired) electrons. The number of anilines is 2. The summed E-state index contributed by atoms with van der Waals surface area (Å²) in [5.74, 6) is -0.620. The molecule has 2 amide bonds. The second-order valence-electron chi connectivity index (χ2n) is 5.49. The zero-order valence-corrected chi connectivity index (χ0v) is 13.6. The molecule has 1 aliphatic rings. The molecule has 1 aliphatic carbocycles. The maximum atomic E-state index is 12.5. The molecule has 1 saturated carbocycles. The van der Waals surface area contributed by atoms with E-state index in [1.165, 1.54) is 0 Å². The summed E-state index contributed by atoms with van der Waals surface area (Å²) in [6, 6.07) is 13.9. The van der Waals surface area contributed by atoms with Gasteiger partial charge in [-0.15, -0.1) is 0 Å². The molecule has 6 heteroatoms. The molecule has 0 unspecified atom stereocenters. The Balaban J connectivity index is 1.70. The summed E-state index contributed by atoms with van der Waals surface area (Å²) in [7, 11) is 0. The fourth-order valence-corrected chi connectivity index (χ4v) is 2.58. The van der Waals surface area contributed by atoms with Crippen molar-refractivity contribution in [2.24, 2.45) is 5.41 Å². The highest BCUT2D eigenvalue weighted by atomic mass is 35.5. The van der Waals surface area contributed by atoms with E-state index in [1.807, 2.05) is 18.2 Å². The highest BCUT2D eigenvalue weighted by Gasteiger charge is 2.56. The van der Waals surface area contributed by atoms with Gasteiger partial charge in [0.25, 0.3) is 0 Å². The highest BCUT2D eigenvalue weighted by Crippen LogP contribution is 2.47. The summed E-state index contributed by atoms with van der Waals surface area (Å²) in [4.78, 5) is 24.9. The minimum atomic E-state index is -1.01. The fraction of sp³-hybridized carbons (Fsp3) is 0.176. The van der Waals surface area contributed by atoms with Crippen molar-refractivity contribution in [1.29, 1.82) is 0 Å². The molecule has 0 spiro atoms. The number of rotatable bonds is 4. The van der Waals surface area contributed by atoms with E-state index in [9.17, 15) is 9.59 Å². The number of para-hydroxylation sites is 1. The molecule has 4 nitrogen and oxygen atoms in total. The van der Waals surface area contributed by atoms with E-state index in [0.29, 0.717) is 34.3 Å². The molecule has 0 aromatic heterocycles. The quantitative estimate of drug-likeness (QED) is 0.807. The lowest BCUT2D eigenvalue weighted by Crippen LogP contribution is -2.35. The Labute approximate surface area is 143 Å². The highest BCUT2D eigenvalue weighted by molar-refractivity contribution is 6.42. The van der Waals surface area contributed by atoms with Crippen molar-refractivity contribution in [3.8, 4) is 0 Å². The minimum absolute atomic E-state index is 0.290. The van der Waals surface area contributed by atoms with E-state index in [-0.39, 0.29) is 11.8 Å². The number of nitrogens with one attached hydrogen (secondary N) is 2. The lowest BCUT2D eigenvalue weighted by atomic mass is 10.0. The Bertz CT molecular complexity index is 758. The first kappa shape index (κ1) is 15.8. The average Bonchev–Trinajstić information content (AvgIpc) is 3.34. The van der Waals surface area contributed by atoms with Crippen LogP contribution in [0.3, 0.4) is 0 Å². The van der Waals surface area contributed by atoms with E-state index in [0.717, 1.165) is 0 Å². The van der Waals surface area contributed by atoms with Crippen molar-refractivity contribution in [1.82, 2.24) is 0 Å². The Morgan fingerprint density at radius 2 is 1.43 bits per heavy atom. The summed E-state index contributed by atoms with van der Waals surface area (Å²) in [6.07, 6.45) is 1.05. The number of halogens is 2. The molecule has 2 aromatic carbocycles. The van der Waals surface area contributed by atoms with Crippen LogP contribution in [0, 0.1) is 5.41 Å². The first-order chi connectivity index (χ1) is 11.0. The number of carbonyl (C=O) groups is 2. The molecule has 0 saturated heterocycles. The number of amides is 2. The maximum Gasteiger partial charge on any atom is 0.240 e. The van der Waals surface area contributed by atoms with Gasteiger partial charge in [-0.05, 0) is 43.2 Å². The van der Waals surface area contributed by atoms with Crippen molar-refractivity contribution in [3.05, 3.63) is 58.6 Å². The molecular formula is C17H14Cl2N2O2. The zero-order chi connectivity index (χ0) is 16.4. The van der Waals surface area contributed by atoms with Gasteiger partial charge < -0.3 is 10.6 Å². The van der Waals surface area contributed by atoms with E-state index in [4.69, 9.17) is 23.2 Å². The minimum Gasteiger partial charge on any atom is -0.325 e. The van der Waals surface area contributed by atoms with Gasteiger partial charge in [0.05, 0.1) is 10.0 Å². The van der Waals surface area contributed by atoms with Crippen molar-refractivity contribution in [2.75, 3.05) is 10.6 Å². The van der Waals surface area contributed by atoms with Gasteiger partial charge in [0.2, 0.25) is 11.8 Å². The molecular weight excluding hydrogens is 335 g/mol. The molecule has 118 valence electrons. The molecule has 0 atom stereocenters. The number of hydrogen-bond acceptors (Lipinski definition) is 2. The summed E-state index contributed by atoms with van der Waals surface area (Å²) >= 11 is 11.8. The second kappa shape index (κ2) is 6.22. The molecule has 0 bridgehead atoms. The van der Waals surface area contributed by atoms with E-state index in [1.54, 1.807) is 30.3 Å². The van der Waals surface area contributed by atoms with Gasteiger partial charge in [0.15, 0.2) is 0 Å². The maximum absolute atomic E-state index is 12.5. The average molecular weight is 349 g/mol. The standard InChI is InChI=1S/C17H14Cl2N2O2/c18-13-7-6-12(10-14(13)19)21-16(23)17(8-9-17)15(22)20-11-4-2-1-3-5-11/h1-7,10H,8-9H2,(H,20,22)(H,21,23). The van der Waals surface area contributed by atoms with Gasteiger partial charge >= 0.3 is 0 Å². The number of hydrogen-bond donors (Lipinski definition) is 2. The fourth-order valence-electron chi connectivity index (χ4n) is 2.28. The van der Waals surface area contributed by atoms with Crippen LogP contribution >= 0.6 is 23.2 Å². The summed E-state index contributed by atoms with van der Waals surface area (Å²) in [6.45, 7) is 0. The van der Waals surface area contributed by atoms with Crippen LogP contribution < -0.4 is 10.6 Å². The SMILES string of the molecule is O=C(Nc1ccccc1)C1(C(=O)Nc2ccc(Cl)c(Cl)c2)CC1. The predicted octanol–water partition coefficient (Wildman–Crippen LogP) is 4.35. The van der Waals surface area contributed by atoms with Crippen LogP contribution in [0.1, 0.15) is 12.8 Å². The van der Waals surface area contributed by atoms with Crippen LogP contribution in [0.4, 0.5) is 11.4 Å².